The number of para-hydroxylation sites is 1. The second-order valence-corrected chi connectivity index (χ2v) is 8.62. The van der Waals surface area contributed by atoms with Gasteiger partial charge in [-0.2, -0.15) is 0 Å². The molecule has 1 aromatic carbocycles. The number of nitrogens with one attached hydrogen (secondary N) is 2. The zero-order valence-corrected chi connectivity index (χ0v) is 17.9. The van der Waals surface area contributed by atoms with Gasteiger partial charge in [0.05, 0.1) is 15.2 Å². The lowest BCUT2D eigenvalue weighted by molar-refractivity contribution is -0.133. The number of hydrogen-bond acceptors (Lipinski definition) is 4. The molecule has 1 unspecified atom stereocenters. The van der Waals surface area contributed by atoms with Crippen molar-refractivity contribution in [2.75, 3.05) is 26.2 Å². The topological polar surface area (TPSA) is 69.6 Å². The van der Waals surface area contributed by atoms with E-state index in [1.807, 2.05) is 24.8 Å². The second-order valence-electron chi connectivity index (χ2n) is 7.51. The number of guanidine groups is 1. The lowest BCUT2D eigenvalue weighted by Crippen LogP contribution is -2.45. The number of fused-ring (bicyclic) bond motifs is 1. The number of hydrogen-bond donors (Lipinski definition) is 2. The van der Waals surface area contributed by atoms with Gasteiger partial charge in [-0.15, -0.1) is 11.3 Å². The Kier molecular flexibility index (Phi) is 7.25. The fourth-order valence-electron chi connectivity index (χ4n) is 3.40. The van der Waals surface area contributed by atoms with Crippen LogP contribution in [0.25, 0.3) is 10.2 Å². The Morgan fingerprint density at radius 2 is 2.21 bits per heavy atom. The lowest BCUT2D eigenvalue weighted by Gasteiger charge is -2.20. The predicted molar refractivity (Wildman–Crippen MR) is 117 cm³/mol. The molecule has 2 N–H and O–H groups in total. The highest BCUT2D eigenvalue weighted by Gasteiger charge is 2.27. The third-order valence-corrected chi connectivity index (χ3v) is 5.93. The highest BCUT2D eigenvalue weighted by atomic mass is 32.1. The summed E-state index contributed by atoms with van der Waals surface area (Å²) in [7, 11) is 0. The molecule has 1 atom stereocenters. The van der Waals surface area contributed by atoms with E-state index in [-0.39, 0.29) is 17.9 Å². The van der Waals surface area contributed by atoms with Crippen LogP contribution >= 0.6 is 11.3 Å². The zero-order chi connectivity index (χ0) is 19.9. The highest BCUT2D eigenvalue weighted by molar-refractivity contribution is 7.18. The Morgan fingerprint density at radius 3 is 2.96 bits per heavy atom. The minimum Gasteiger partial charge on any atom is -0.357 e. The molecule has 0 bridgehead atoms. The minimum atomic E-state index is 0.0585. The summed E-state index contributed by atoms with van der Waals surface area (Å²) in [6, 6.07) is 8.54. The van der Waals surface area contributed by atoms with Gasteiger partial charge in [0.2, 0.25) is 5.91 Å². The number of aryl methyl sites for hydroxylation is 1. The number of nitrogens with zero attached hydrogens (tertiary/aromatic N) is 3. The molecule has 6 nitrogen and oxygen atoms in total. The van der Waals surface area contributed by atoms with Crippen molar-refractivity contribution in [2.24, 2.45) is 10.9 Å². The summed E-state index contributed by atoms with van der Waals surface area (Å²) in [4.78, 5) is 23.5. The molecule has 1 fully saturated rings. The molecular formula is C21H31N5OS. The first kappa shape index (κ1) is 20.6. The number of carbonyl (C=O) groups is 1. The normalized spacial score (nSPS) is 17.5. The SMILES string of the molecule is CCNC(=NCCCc1nc2ccccc2s1)NC1CCN(C(=O)C(C)C)C1. The molecule has 2 heterocycles. The Bertz CT molecular complexity index is 783. The summed E-state index contributed by atoms with van der Waals surface area (Å²) in [5.41, 5.74) is 1.09. The number of benzene rings is 1. The third-order valence-electron chi connectivity index (χ3n) is 4.84. The van der Waals surface area contributed by atoms with E-state index in [9.17, 15) is 4.79 Å². The molecule has 0 radical (unpaired) electrons. The Morgan fingerprint density at radius 1 is 1.39 bits per heavy atom. The molecule has 2 aromatic rings. The first-order valence-corrected chi connectivity index (χ1v) is 11.1. The van der Waals surface area contributed by atoms with Gasteiger partial charge in [-0.3, -0.25) is 9.79 Å². The third kappa shape index (κ3) is 5.44. The quantitative estimate of drug-likeness (QED) is 0.425. The number of thiazole rings is 1. The molecule has 1 saturated heterocycles. The van der Waals surface area contributed by atoms with Crippen molar-refractivity contribution in [3.05, 3.63) is 29.3 Å². The molecule has 0 saturated carbocycles. The molecule has 1 amide bonds. The molecule has 1 aliphatic rings. The monoisotopic (exact) mass is 401 g/mol. The van der Waals surface area contributed by atoms with Gasteiger partial charge >= 0.3 is 0 Å². The van der Waals surface area contributed by atoms with E-state index in [1.54, 1.807) is 11.3 Å². The highest BCUT2D eigenvalue weighted by Crippen LogP contribution is 2.22. The summed E-state index contributed by atoms with van der Waals surface area (Å²) in [6.45, 7) is 9.15. The Labute approximate surface area is 171 Å². The van der Waals surface area contributed by atoms with Crippen LogP contribution in [0.4, 0.5) is 0 Å². The summed E-state index contributed by atoms with van der Waals surface area (Å²) in [6.07, 6.45) is 2.88. The van der Waals surface area contributed by atoms with Gasteiger partial charge < -0.3 is 15.5 Å². The standard InChI is InChI=1S/C21H31N5OS/c1-4-22-21(24-16-11-13-26(14-16)20(27)15(2)3)23-12-7-10-19-25-17-8-5-6-9-18(17)28-19/h5-6,8-9,15-16H,4,7,10-14H2,1-3H3,(H2,22,23,24). The number of carbonyl (C=O) groups excluding carboxylic acids is 1. The van der Waals surface area contributed by atoms with Crippen molar-refractivity contribution >= 4 is 33.4 Å². The fraction of sp³-hybridized carbons (Fsp3) is 0.571. The summed E-state index contributed by atoms with van der Waals surface area (Å²) in [5, 5.41) is 7.99. The van der Waals surface area contributed by atoms with Crippen LogP contribution in [0.5, 0.6) is 0 Å². The molecule has 1 aromatic heterocycles. The number of aliphatic imine (C=N–C) groups is 1. The molecule has 152 valence electrons. The molecular weight excluding hydrogens is 370 g/mol. The average Bonchev–Trinajstić information content (AvgIpc) is 3.31. The van der Waals surface area contributed by atoms with E-state index < -0.39 is 0 Å². The van der Waals surface area contributed by atoms with Crippen LogP contribution in [0.15, 0.2) is 29.3 Å². The van der Waals surface area contributed by atoms with Gasteiger partial charge in [0, 0.05) is 44.6 Å². The number of aromatic nitrogens is 1. The number of rotatable bonds is 7. The maximum absolute atomic E-state index is 12.2. The van der Waals surface area contributed by atoms with E-state index in [0.717, 1.165) is 56.9 Å². The largest absolute Gasteiger partial charge is 0.357 e. The van der Waals surface area contributed by atoms with Crippen molar-refractivity contribution in [3.63, 3.8) is 0 Å². The van der Waals surface area contributed by atoms with Crippen LogP contribution in [0.3, 0.4) is 0 Å². The van der Waals surface area contributed by atoms with Crippen molar-refractivity contribution in [3.8, 4) is 0 Å². The van der Waals surface area contributed by atoms with E-state index in [1.165, 1.54) is 9.71 Å². The maximum atomic E-state index is 12.2. The van der Waals surface area contributed by atoms with Crippen molar-refractivity contribution in [2.45, 2.75) is 46.1 Å². The first-order chi connectivity index (χ1) is 13.6. The van der Waals surface area contributed by atoms with Crippen LogP contribution in [0, 0.1) is 5.92 Å². The molecule has 28 heavy (non-hydrogen) atoms. The summed E-state index contributed by atoms with van der Waals surface area (Å²) >= 11 is 1.77. The number of likely N-dealkylation sites (tertiary alicyclic amines) is 1. The molecule has 7 heteroatoms. The summed E-state index contributed by atoms with van der Waals surface area (Å²) in [5.74, 6) is 1.14. The van der Waals surface area contributed by atoms with Gasteiger partial charge in [-0.25, -0.2) is 4.98 Å². The van der Waals surface area contributed by atoms with Gasteiger partial charge in [0.1, 0.15) is 0 Å². The molecule has 0 aliphatic carbocycles. The zero-order valence-electron chi connectivity index (χ0n) is 17.1. The van der Waals surface area contributed by atoms with Crippen LogP contribution in [0.2, 0.25) is 0 Å². The summed E-state index contributed by atoms with van der Waals surface area (Å²) < 4.78 is 1.25. The second kappa shape index (κ2) is 9.87. The van der Waals surface area contributed by atoms with Gasteiger partial charge in [-0.05, 0) is 31.9 Å². The minimum absolute atomic E-state index is 0.0585. The van der Waals surface area contributed by atoms with Crippen molar-refractivity contribution < 1.29 is 4.79 Å². The average molecular weight is 402 g/mol. The fourth-order valence-corrected chi connectivity index (χ4v) is 4.41. The van der Waals surface area contributed by atoms with Gasteiger partial charge in [-0.1, -0.05) is 26.0 Å². The van der Waals surface area contributed by atoms with E-state index in [4.69, 9.17) is 4.99 Å². The first-order valence-electron chi connectivity index (χ1n) is 10.2. The van der Waals surface area contributed by atoms with Crippen molar-refractivity contribution in [1.82, 2.24) is 20.5 Å². The van der Waals surface area contributed by atoms with Crippen molar-refractivity contribution in [1.29, 1.82) is 0 Å². The molecule has 0 spiro atoms. The Hall–Kier alpha value is -2.15. The smallest absolute Gasteiger partial charge is 0.225 e. The van der Waals surface area contributed by atoms with Crippen LogP contribution in [-0.4, -0.2) is 54.0 Å². The van der Waals surface area contributed by atoms with Crippen LogP contribution < -0.4 is 10.6 Å². The predicted octanol–water partition coefficient (Wildman–Crippen LogP) is 3.04. The van der Waals surface area contributed by atoms with Gasteiger partial charge in [0.15, 0.2) is 5.96 Å². The van der Waals surface area contributed by atoms with Crippen LogP contribution in [0.1, 0.15) is 38.6 Å². The number of amides is 1. The maximum Gasteiger partial charge on any atom is 0.225 e. The molecule has 3 rings (SSSR count). The lowest BCUT2D eigenvalue weighted by atomic mass is 10.2. The molecule has 1 aliphatic heterocycles. The van der Waals surface area contributed by atoms with Crippen LogP contribution in [-0.2, 0) is 11.2 Å². The van der Waals surface area contributed by atoms with Gasteiger partial charge in [0.25, 0.3) is 0 Å². The Balaban J connectivity index is 1.48. The van der Waals surface area contributed by atoms with E-state index in [0.29, 0.717) is 0 Å². The van der Waals surface area contributed by atoms with E-state index in [2.05, 4.69) is 40.7 Å². The van der Waals surface area contributed by atoms with E-state index >= 15 is 0 Å².